The Labute approximate surface area is 110 Å². The average molecular weight is 255 g/mol. The third-order valence-electron chi connectivity index (χ3n) is 2.59. The summed E-state index contributed by atoms with van der Waals surface area (Å²) in [6.45, 7) is 10.9. The summed E-state index contributed by atoms with van der Waals surface area (Å²) in [7, 11) is 0. The van der Waals surface area contributed by atoms with Gasteiger partial charge in [0.2, 0.25) is 0 Å². The molecular formula is C14H25NO3. The molecule has 0 saturated heterocycles. The lowest BCUT2D eigenvalue weighted by molar-refractivity contribution is -0.0121. The highest BCUT2D eigenvalue weighted by Crippen LogP contribution is 2.13. The van der Waals surface area contributed by atoms with E-state index in [2.05, 4.69) is 19.2 Å². The normalized spacial score (nSPS) is 13.2. The smallest absolute Gasteiger partial charge is 0.123 e. The van der Waals surface area contributed by atoms with Crippen molar-refractivity contribution in [2.45, 2.75) is 53.0 Å². The minimum Gasteiger partial charge on any atom is -0.468 e. The topological polar surface area (TPSA) is 43.6 Å². The zero-order chi connectivity index (χ0) is 13.4. The summed E-state index contributed by atoms with van der Waals surface area (Å²) < 4.78 is 16.5. The molecule has 1 aromatic heterocycles. The SMILES string of the molecule is CCOCC(C)OCc1ccoc1CNC(C)C. The van der Waals surface area contributed by atoms with Crippen LogP contribution in [0.15, 0.2) is 16.7 Å². The van der Waals surface area contributed by atoms with Crippen LogP contribution < -0.4 is 5.32 Å². The Bertz CT molecular complexity index is 323. The first-order chi connectivity index (χ1) is 8.63. The quantitative estimate of drug-likeness (QED) is 0.737. The summed E-state index contributed by atoms with van der Waals surface area (Å²) in [5.41, 5.74) is 1.10. The molecule has 1 heterocycles. The predicted molar refractivity (Wildman–Crippen MR) is 71.4 cm³/mol. The van der Waals surface area contributed by atoms with Crippen LogP contribution in [0.5, 0.6) is 0 Å². The molecule has 0 spiro atoms. The molecule has 0 aliphatic carbocycles. The van der Waals surface area contributed by atoms with E-state index in [0.29, 0.717) is 19.3 Å². The van der Waals surface area contributed by atoms with Gasteiger partial charge in [-0.15, -0.1) is 0 Å². The highest BCUT2D eigenvalue weighted by atomic mass is 16.5. The van der Waals surface area contributed by atoms with Crippen molar-refractivity contribution < 1.29 is 13.9 Å². The predicted octanol–water partition coefficient (Wildman–Crippen LogP) is 2.72. The van der Waals surface area contributed by atoms with Gasteiger partial charge in [-0.2, -0.15) is 0 Å². The summed E-state index contributed by atoms with van der Waals surface area (Å²) in [4.78, 5) is 0. The van der Waals surface area contributed by atoms with Gasteiger partial charge in [-0.3, -0.25) is 0 Å². The Morgan fingerprint density at radius 3 is 2.78 bits per heavy atom. The highest BCUT2D eigenvalue weighted by molar-refractivity contribution is 5.15. The van der Waals surface area contributed by atoms with E-state index < -0.39 is 0 Å². The van der Waals surface area contributed by atoms with Crippen molar-refractivity contribution in [1.29, 1.82) is 0 Å². The minimum absolute atomic E-state index is 0.103. The van der Waals surface area contributed by atoms with Crippen molar-refractivity contribution in [3.63, 3.8) is 0 Å². The average Bonchev–Trinajstić information content (AvgIpc) is 2.78. The third-order valence-corrected chi connectivity index (χ3v) is 2.59. The zero-order valence-electron chi connectivity index (χ0n) is 11.9. The molecule has 104 valence electrons. The number of furan rings is 1. The largest absolute Gasteiger partial charge is 0.468 e. The van der Waals surface area contributed by atoms with E-state index in [1.165, 1.54) is 0 Å². The molecule has 0 aliphatic heterocycles. The molecule has 18 heavy (non-hydrogen) atoms. The molecule has 1 unspecified atom stereocenters. The first-order valence-electron chi connectivity index (χ1n) is 6.61. The Morgan fingerprint density at radius 1 is 1.33 bits per heavy atom. The molecule has 1 atom stereocenters. The van der Waals surface area contributed by atoms with Crippen LogP contribution >= 0.6 is 0 Å². The molecule has 0 bridgehead atoms. The van der Waals surface area contributed by atoms with Gasteiger partial charge in [0.15, 0.2) is 0 Å². The fourth-order valence-corrected chi connectivity index (χ4v) is 1.51. The van der Waals surface area contributed by atoms with Crippen molar-refractivity contribution in [2.24, 2.45) is 0 Å². The molecule has 0 radical (unpaired) electrons. The molecule has 1 aromatic rings. The summed E-state index contributed by atoms with van der Waals surface area (Å²) >= 11 is 0. The molecule has 0 aliphatic rings. The van der Waals surface area contributed by atoms with Crippen LogP contribution in [0.1, 0.15) is 39.0 Å². The van der Waals surface area contributed by atoms with Gasteiger partial charge in [0.1, 0.15) is 5.76 Å². The standard InChI is InChI=1S/C14H25NO3/c1-5-16-9-12(4)18-10-13-6-7-17-14(13)8-15-11(2)3/h6-7,11-12,15H,5,8-10H2,1-4H3. The van der Waals surface area contributed by atoms with E-state index >= 15 is 0 Å². The van der Waals surface area contributed by atoms with Gasteiger partial charge in [-0.05, 0) is 19.9 Å². The monoisotopic (exact) mass is 255 g/mol. The van der Waals surface area contributed by atoms with Gasteiger partial charge < -0.3 is 19.2 Å². The van der Waals surface area contributed by atoms with Gasteiger partial charge in [0.05, 0.1) is 32.1 Å². The lowest BCUT2D eigenvalue weighted by atomic mass is 10.2. The lowest BCUT2D eigenvalue weighted by Gasteiger charge is -2.13. The van der Waals surface area contributed by atoms with Crippen molar-refractivity contribution in [1.82, 2.24) is 5.32 Å². The number of ether oxygens (including phenoxy) is 2. The molecule has 1 N–H and O–H groups in total. The van der Waals surface area contributed by atoms with E-state index in [1.807, 2.05) is 19.9 Å². The Morgan fingerprint density at radius 2 is 2.11 bits per heavy atom. The van der Waals surface area contributed by atoms with Crippen LogP contribution in [0.25, 0.3) is 0 Å². The van der Waals surface area contributed by atoms with E-state index in [0.717, 1.165) is 24.5 Å². The first-order valence-corrected chi connectivity index (χ1v) is 6.61. The fraction of sp³-hybridized carbons (Fsp3) is 0.714. The molecule has 4 heteroatoms. The maximum atomic E-state index is 5.72. The minimum atomic E-state index is 0.103. The third kappa shape index (κ3) is 5.67. The summed E-state index contributed by atoms with van der Waals surface area (Å²) in [6, 6.07) is 2.41. The first kappa shape index (κ1) is 15.2. The molecule has 1 rings (SSSR count). The van der Waals surface area contributed by atoms with Gasteiger partial charge in [-0.1, -0.05) is 13.8 Å². The van der Waals surface area contributed by atoms with E-state index in [-0.39, 0.29) is 6.10 Å². The van der Waals surface area contributed by atoms with Crippen molar-refractivity contribution in [3.8, 4) is 0 Å². The number of rotatable bonds is 9. The van der Waals surface area contributed by atoms with Crippen LogP contribution in [0.3, 0.4) is 0 Å². The number of hydrogen-bond acceptors (Lipinski definition) is 4. The number of hydrogen-bond donors (Lipinski definition) is 1. The molecule has 0 fully saturated rings. The lowest BCUT2D eigenvalue weighted by Crippen LogP contribution is -2.22. The summed E-state index contributed by atoms with van der Waals surface area (Å²) in [5, 5.41) is 3.34. The van der Waals surface area contributed by atoms with E-state index in [1.54, 1.807) is 6.26 Å². The Balaban J connectivity index is 2.35. The zero-order valence-corrected chi connectivity index (χ0v) is 11.9. The summed E-state index contributed by atoms with van der Waals surface area (Å²) in [6.07, 6.45) is 1.81. The number of nitrogens with one attached hydrogen (secondary N) is 1. The van der Waals surface area contributed by atoms with Gasteiger partial charge in [0.25, 0.3) is 0 Å². The van der Waals surface area contributed by atoms with Crippen LogP contribution in [0.4, 0.5) is 0 Å². The second-order valence-corrected chi connectivity index (χ2v) is 4.69. The fourth-order valence-electron chi connectivity index (χ4n) is 1.51. The second-order valence-electron chi connectivity index (χ2n) is 4.69. The van der Waals surface area contributed by atoms with E-state index in [9.17, 15) is 0 Å². The molecular weight excluding hydrogens is 230 g/mol. The van der Waals surface area contributed by atoms with Crippen molar-refractivity contribution in [3.05, 3.63) is 23.7 Å². The second kappa shape index (κ2) is 8.29. The van der Waals surface area contributed by atoms with Crippen molar-refractivity contribution in [2.75, 3.05) is 13.2 Å². The van der Waals surface area contributed by atoms with Crippen LogP contribution in [-0.4, -0.2) is 25.4 Å². The molecule has 0 amide bonds. The molecule has 4 nitrogen and oxygen atoms in total. The van der Waals surface area contributed by atoms with Crippen LogP contribution in [0, 0.1) is 0 Å². The van der Waals surface area contributed by atoms with Gasteiger partial charge in [-0.25, -0.2) is 0 Å². The van der Waals surface area contributed by atoms with Gasteiger partial charge in [0, 0.05) is 18.2 Å². The van der Waals surface area contributed by atoms with E-state index in [4.69, 9.17) is 13.9 Å². The maximum absolute atomic E-state index is 5.72. The Hall–Kier alpha value is -0.840. The molecule has 0 aromatic carbocycles. The summed E-state index contributed by atoms with van der Waals surface area (Å²) in [5.74, 6) is 0.951. The Kier molecular flexibility index (Phi) is 7.01. The van der Waals surface area contributed by atoms with Gasteiger partial charge >= 0.3 is 0 Å². The van der Waals surface area contributed by atoms with Crippen molar-refractivity contribution >= 4 is 0 Å². The van der Waals surface area contributed by atoms with Crippen LogP contribution in [-0.2, 0) is 22.6 Å². The highest BCUT2D eigenvalue weighted by Gasteiger charge is 2.09. The maximum Gasteiger partial charge on any atom is 0.123 e. The molecule has 0 saturated carbocycles. The van der Waals surface area contributed by atoms with Crippen LogP contribution in [0.2, 0.25) is 0 Å².